The smallest absolute Gasteiger partial charge is 0.301 e. The van der Waals surface area contributed by atoms with Crippen LogP contribution in [0, 0.1) is 13.8 Å². The second-order valence-corrected chi connectivity index (χ2v) is 10.3. The zero-order chi connectivity index (χ0) is 29.4. The third-order valence-electron chi connectivity index (χ3n) is 6.62. The molecule has 1 fully saturated rings. The van der Waals surface area contributed by atoms with E-state index in [9.17, 15) is 19.5 Å². The van der Waals surface area contributed by atoms with Crippen molar-refractivity contribution in [1.82, 2.24) is 14.4 Å². The summed E-state index contributed by atoms with van der Waals surface area (Å²) in [5.74, 6) is -1.51. The van der Waals surface area contributed by atoms with Crippen LogP contribution in [0.3, 0.4) is 0 Å². The highest BCUT2D eigenvalue weighted by atomic mass is 32.1. The maximum absolute atomic E-state index is 13.7. The zero-order valence-electron chi connectivity index (χ0n) is 23.0. The lowest BCUT2D eigenvalue weighted by Gasteiger charge is -2.24. The number of aromatic nitrogens is 3. The number of ketones is 2. The van der Waals surface area contributed by atoms with Gasteiger partial charge in [0.2, 0.25) is 0 Å². The van der Waals surface area contributed by atoms with Gasteiger partial charge in [0.1, 0.15) is 17.9 Å². The summed E-state index contributed by atoms with van der Waals surface area (Å²) < 4.78 is 13.2. The zero-order valence-corrected chi connectivity index (χ0v) is 23.8. The summed E-state index contributed by atoms with van der Waals surface area (Å²) in [5.41, 5.74) is 2.12. The highest BCUT2D eigenvalue weighted by molar-refractivity contribution is 7.18. The predicted molar refractivity (Wildman–Crippen MR) is 155 cm³/mol. The lowest BCUT2D eigenvalue weighted by molar-refractivity contribution is -0.132. The molecule has 1 aliphatic rings. The second-order valence-electron chi connectivity index (χ2n) is 9.35. The Hall–Kier alpha value is -4.77. The molecule has 4 heterocycles. The first-order chi connectivity index (χ1) is 19.7. The van der Waals surface area contributed by atoms with Crippen LogP contribution in [0.1, 0.15) is 52.2 Å². The van der Waals surface area contributed by atoms with E-state index < -0.39 is 17.7 Å². The first-order valence-electron chi connectivity index (χ1n) is 12.9. The van der Waals surface area contributed by atoms with Crippen molar-refractivity contribution < 1.29 is 29.0 Å². The van der Waals surface area contributed by atoms with E-state index in [1.807, 2.05) is 13.0 Å². The molecular formula is C30H28N4O6S. The van der Waals surface area contributed by atoms with Gasteiger partial charge >= 0.3 is 5.91 Å². The highest BCUT2D eigenvalue weighted by Crippen LogP contribution is 2.46. The number of fused-ring (bicyclic) bond motifs is 1. The van der Waals surface area contributed by atoms with Crippen LogP contribution in [0.15, 0.2) is 60.8 Å². The summed E-state index contributed by atoms with van der Waals surface area (Å²) in [6, 6.07) is 9.33. The average Bonchev–Trinajstić information content (AvgIpc) is 3.58. The molecule has 11 heteroatoms. The van der Waals surface area contributed by atoms with E-state index in [1.54, 1.807) is 60.9 Å². The molecule has 1 N–H and O–H groups in total. The molecule has 1 unspecified atom stereocenters. The Morgan fingerprint density at radius 2 is 1.90 bits per heavy atom. The fraction of sp³-hybridized carbons (Fsp3) is 0.233. The molecule has 0 radical (unpaired) electrons. The first kappa shape index (κ1) is 27.8. The number of imidazole rings is 1. The topological polar surface area (TPSA) is 123 Å². The van der Waals surface area contributed by atoms with Gasteiger partial charge in [0.05, 0.1) is 34.5 Å². The quantitative estimate of drug-likeness (QED) is 0.0955. The summed E-state index contributed by atoms with van der Waals surface area (Å²) in [7, 11) is 0. The lowest BCUT2D eigenvalue weighted by atomic mass is 9.96. The molecule has 0 saturated carbocycles. The molecule has 1 aromatic carbocycles. The molecule has 1 amide bonds. The SMILES string of the molecule is C=CCOc1ccc(C2C(=C(O)c3c(C)nc4ccccn34)C(=O)C(=O)N2c2nc(C)c(C(C)=O)s2)cc1OCC. The number of thiazole rings is 1. The molecular weight excluding hydrogens is 544 g/mol. The molecule has 4 aromatic rings. The number of carbonyl (C=O) groups is 3. The van der Waals surface area contributed by atoms with Crippen LogP contribution in [-0.2, 0) is 9.59 Å². The van der Waals surface area contributed by atoms with Gasteiger partial charge in [0.15, 0.2) is 28.2 Å². The fourth-order valence-electron chi connectivity index (χ4n) is 4.91. The Morgan fingerprint density at radius 3 is 2.59 bits per heavy atom. The van der Waals surface area contributed by atoms with E-state index >= 15 is 0 Å². The Kier molecular flexibility index (Phi) is 7.46. The number of hydrogen-bond acceptors (Lipinski definition) is 9. The van der Waals surface area contributed by atoms with E-state index in [0.29, 0.717) is 51.3 Å². The number of nitrogens with zero attached hydrogens (tertiary/aromatic N) is 4. The summed E-state index contributed by atoms with van der Waals surface area (Å²) in [5, 5.41) is 11.9. The molecule has 1 saturated heterocycles. The van der Waals surface area contributed by atoms with Crippen molar-refractivity contribution >= 4 is 45.3 Å². The molecule has 210 valence electrons. The summed E-state index contributed by atoms with van der Waals surface area (Å²) in [6.07, 6.45) is 3.33. The van der Waals surface area contributed by atoms with E-state index in [2.05, 4.69) is 16.5 Å². The van der Waals surface area contributed by atoms with Gasteiger partial charge in [0.25, 0.3) is 5.78 Å². The monoisotopic (exact) mass is 572 g/mol. The van der Waals surface area contributed by atoms with Gasteiger partial charge in [-0.3, -0.25) is 23.7 Å². The number of aliphatic hydroxyl groups excluding tert-OH is 1. The van der Waals surface area contributed by atoms with Crippen molar-refractivity contribution in [2.24, 2.45) is 0 Å². The second kappa shape index (κ2) is 11.0. The van der Waals surface area contributed by atoms with Gasteiger partial charge in [-0.2, -0.15) is 0 Å². The number of Topliss-reactive ketones (excluding diaryl/α,β-unsaturated/α-hetero) is 2. The Balaban J connectivity index is 1.77. The normalized spacial score (nSPS) is 16.4. The van der Waals surface area contributed by atoms with Crippen molar-refractivity contribution in [3.05, 3.63) is 88.3 Å². The van der Waals surface area contributed by atoms with Crippen molar-refractivity contribution in [1.29, 1.82) is 0 Å². The van der Waals surface area contributed by atoms with E-state index in [4.69, 9.17) is 9.47 Å². The number of carbonyl (C=O) groups excluding carboxylic acids is 3. The molecule has 1 aliphatic heterocycles. The third-order valence-corrected chi connectivity index (χ3v) is 7.88. The standard InChI is InChI=1S/C30H28N4O6S/c1-6-14-40-20-12-11-19(15-21(20)39-7-2)25-23(26(36)24-16(3)31-22-10-8-9-13-33(22)24)27(37)29(38)34(25)30-32-17(4)28(41-30)18(5)35/h6,8-13,15,25,36H,1,7,14H2,2-5H3. The number of benzene rings is 1. The molecule has 1 atom stereocenters. The minimum atomic E-state index is -1.08. The van der Waals surface area contributed by atoms with Gasteiger partial charge in [-0.1, -0.05) is 36.1 Å². The molecule has 41 heavy (non-hydrogen) atoms. The van der Waals surface area contributed by atoms with Crippen molar-refractivity contribution in [3.8, 4) is 11.5 Å². The molecule has 0 aliphatic carbocycles. The maximum Gasteiger partial charge on any atom is 0.301 e. The Bertz CT molecular complexity index is 1750. The lowest BCUT2D eigenvalue weighted by Crippen LogP contribution is -2.29. The van der Waals surface area contributed by atoms with Gasteiger partial charge in [-0.15, -0.1) is 0 Å². The summed E-state index contributed by atoms with van der Waals surface area (Å²) in [6.45, 7) is 10.9. The van der Waals surface area contributed by atoms with Crippen LogP contribution in [0.25, 0.3) is 11.4 Å². The number of pyridine rings is 1. The average molecular weight is 573 g/mol. The Labute approximate surface area is 240 Å². The highest BCUT2D eigenvalue weighted by Gasteiger charge is 2.49. The largest absolute Gasteiger partial charge is 0.505 e. The number of aliphatic hydroxyl groups is 1. The van der Waals surface area contributed by atoms with Gasteiger partial charge in [0, 0.05) is 13.1 Å². The maximum atomic E-state index is 13.7. The van der Waals surface area contributed by atoms with E-state index in [1.165, 1.54) is 11.8 Å². The number of anilines is 1. The van der Waals surface area contributed by atoms with Crippen LogP contribution in [0.4, 0.5) is 5.13 Å². The minimum absolute atomic E-state index is 0.136. The van der Waals surface area contributed by atoms with Crippen LogP contribution in [0.5, 0.6) is 11.5 Å². The molecule has 5 rings (SSSR count). The predicted octanol–water partition coefficient (Wildman–Crippen LogP) is 5.20. The van der Waals surface area contributed by atoms with E-state index in [-0.39, 0.29) is 28.9 Å². The van der Waals surface area contributed by atoms with Crippen LogP contribution >= 0.6 is 11.3 Å². The van der Waals surface area contributed by atoms with E-state index in [0.717, 1.165) is 11.3 Å². The van der Waals surface area contributed by atoms with Gasteiger partial charge in [-0.25, -0.2) is 9.97 Å². The Morgan fingerprint density at radius 1 is 1.12 bits per heavy atom. The van der Waals surface area contributed by atoms with Crippen molar-refractivity contribution in [3.63, 3.8) is 0 Å². The number of ether oxygens (including phenoxy) is 2. The van der Waals surface area contributed by atoms with Crippen LogP contribution in [-0.4, -0.2) is 50.2 Å². The number of hydrogen-bond donors (Lipinski definition) is 1. The first-order valence-corrected chi connectivity index (χ1v) is 13.7. The van der Waals surface area contributed by atoms with Crippen molar-refractivity contribution in [2.45, 2.75) is 33.7 Å². The van der Waals surface area contributed by atoms with Crippen LogP contribution < -0.4 is 14.4 Å². The third kappa shape index (κ3) is 4.78. The van der Waals surface area contributed by atoms with Gasteiger partial charge in [-0.05, 0) is 50.6 Å². The number of amides is 1. The van der Waals surface area contributed by atoms with Crippen LogP contribution in [0.2, 0.25) is 0 Å². The van der Waals surface area contributed by atoms with Gasteiger partial charge < -0.3 is 14.6 Å². The van der Waals surface area contributed by atoms with Crippen molar-refractivity contribution in [2.75, 3.05) is 18.1 Å². The summed E-state index contributed by atoms with van der Waals surface area (Å²) >= 11 is 1.02. The fourth-order valence-corrected chi connectivity index (χ4v) is 5.90. The molecule has 0 spiro atoms. The minimum Gasteiger partial charge on any atom is -0.505 e. The number of aryl methyl sites for hydroxylation is 2. The summed E-state index contributed by atoms with van der Waals surface area (Å²) in [4.78, 5) is 50.2. The molecule has 0 bridgehead atoms. The number of rotatable bonds is 9. The molecule has 3 aromatic heterocycles. The molecule has 10 nitrogen and oxygen atoms in total.